The monoisotopic (exact) mass is 498 g/mol. The van der Waals surface area contributed by atoms with Crippen LogP contribution in [0.3, 0.4) is 0 Å². The van der Waals surface area contributed by atoms with Crippen molar-refractivity contribution in [2.45, 2.75) is 26.3 Å². The first-order valence-electron chi connectivity index (χ1n) is 12.5. The lowest BCUT2D eigenvalue weighted by molar-refractivity contribution is 0.159. The van der Waals surface area contributed by atoms with Gasteiger partial charge >= 0.3 is 0 Å². The molecule has 3 aromatic heterocycles. The van der Waals surface area contributed by atoms with Crippen LogP contribution >= 0.6 is 0 Å². The molecule has 0 radical (unpaired) electrons. The third kappa shape index (κ3) is 4.38. The number of nitrogens with one attached hydrogen (secondary N) is 1. The van der Waals surface area contributed by atoms with Gasteiger partial charge in [0, 0.05) is 38.0 Å². The summed E-state index contributed by atoms with van der Waals surface area (Å²) in [6.07, 6.45) is 2.50. The van der Waals surface area contributed by atoms with E-state index in [1.165, 1.54) is 6.33 Å². The van der Waals surface area contributed by atoms with E-state index in [0.29, 0.717) is 11.8 Å². The number of methoxy groups -OCH3 is 1. The van der Waals surface area contributed by atoms with Crippen LogP contribution < -0.4 is 11.1 Å². The molecule has 0 amide bonds. The molecular weight excluding hydrogens is 468 g/mol. The molecule has 1 atom stereocenters. The maximum absolute atomic E-state index is 6.33. The van der Waals surface area contributed by atoms with E-state index in [-0.39, 0.29) is 6.04 Å². The van der Waals surface area contributed by atoms with E-state index < -0.39 is 0 Å². The molecule has 10 heteroatoms. The summed E-state index contributed by atoms with van der Waals surface area (Å²) in [5.41, 5.74) is 13.5. The van der Waals surface area contributed by atoms with Gasteiger partial charge in [-0.1, -0.05) is 18.2 Å². The minimum absolute atomic E-state index is 0.217. The molecular formula is C27H30N8O2. The molecule has 0 saturated carbocycles. The highest BCUT2D eigenvalue weighted by Crippen LogP contribution is 2.34. The topological polar surface area (TPSA) is 120 Å². The number of fused-ring (bicyclic) bond motifs is 2. The first kappa shape index (κ1) is 23.4. The van der Waals surface area contributed by atoms with Crippen LogP contribution in [-0.2, 0) is 4.74 Å². The first-order chi connectivity index (χ1) is 18.0. The van der Waals surface area contributed by atoms with Crippen LogP contribution in [0.25, 0.3) is 33.4 Å². The Hall–Kier alpha value is -4.02. The highest BCUT2D eigenvalue weighted by atomic mass is 16.5. The molecule has 5 aromatic rings. The fourth-order valence-electron chi connectivity index (χ4n) is 5.15. The predicted molar refractivity (Wildman–Crippen MR) is 144 cm³/mol. The van der Waals surface area contributed by atoms with E-state index in [4.69, 9.17) is 20.0 Å². The molecule has 10 nitrogen and oxygen atoms in total. The number of aryl methyl sites for hydroxylation is 2. The van der Waals surface area contributed by atoms with Crippen LogP contribution in [0.1, 0.15) is 23.6 Å². The van der Waals surface area contributed by atoms with Crippen molar-refractivity contribution >= 4 is 39.7 Å². The van der Waals surface area contributed by atoms with Gasteiger partial charge in [-0.25, -0.2) is 14.6 Å². The number of ether oxygens (including phenoxy) is 1. The summed E-state index contributed by atoms with van der Waals surface area (Å²) in [7, 11) is 1.73. The van der Waals surface area contributed by atoms with Crippen LogP contribution in [0, 0.1) is 13.8 Å². The molecule has 4 heterocycles. The van der Waals surface area contributed by atoms with Gasteiger partial charge in [-0.05, 0) is 49.6 Å². The molecule has 1 unspecified atom stereocenters. The fraction of sp³-hybridized carbons (Fsp3) is 0.333. The van der Waals surface area contributed by atoms with Crippen molar-refractivity contribution in [2.24, 2.45) is 0 Å². The summed E-state index contributed by atoms with van der Waals surface area (Å²) in [6.45, 7) is 7.61. The van der Waals surface area contributed by atoms with Gasteiger partial charge < -0.3 is 20.2 Å². The van der Waals surface area contributed by atoms with Crippen LogP contribution in [0.15, 0.2) is 47.1 Å². The summed E-state index contributed by atoms with van der Waals surface area (Å²) >= 11 is 0. The number of hydrogen-bond acceptors (Lipinski definition) is 9. The number of oxazole rings is 1. The lowest BCUT2D eigenvalue weighted by atomic mass is 10.1. The zero-order valence-corrected chi connectivity index (χ0v) is 21.2. The molecule has 3 N–H and O–H groups in total. The molecule has 37 heavy (non-hydrogen) atoms. The van der Waals surface area contributed by atoms with Gasteiger partial charge in [-0.2, -0.15) is 10.1 Å². The largest absolute Gasteiger partial charge is 0.423 e. The van der Waals surface area contributed by atoms with E-state index in [1.54, 1.807) is 7.11 Å². The van der Waals surface area contributed by atoms with E-state index in [2.05, 4.69) is 38.2 Å². The molecule has 6 rings (SSSR count). The number of benzene rings is 2. The quantitative estimate of drug-likeness (QED) is 0.335. The average molecular weight is 499 g/mol. The maximum atomic E-state index is 6.33. The van der Waals surface area contributed by atoms with Crippen molar-refractivity contribution in [1.82, 2.24) is 29.6 Å². The number of aromatic nitrogens is 5. The maximum Gasteiger partial charge on any atom is 0.300 e. The Balaban J connectivity index is 1.29. The zero-order chi connectivity index (χ0) is 25.5. The van der Waals surface area contributed by atoms with E-state index in [0.717, 1.165) is 82.9 Å². The Kier molecular flexibility index (Phi) is 5.97. The lowest BCUT2D eigenvalue weighted by Gasteiger charge is -2.15. The van der Waals surface area contributed by atoms with Crippen LogP contribution in [0.4, 0.5) is 17.5 Å². The van der Waals surface area contributed by atoms with Crippen molar-refractivity contribution < 1.29 is 9.15 Å². The number of nitrogens with zero attached hydrogens (tertiary/aromatic N) is 6. The summed E-state index contributed by atoms with van der Waals surface area (Å²) in [5.74, 6) is 0.430. The van der Waals surface area contributed by atoms with E-state index >= 15 is 0 Å². The number of rotatable bonds is 7. The number of hydrogen-bond donors (Lipinski definition) is 2. The van der Waals surface area contributed by atoms with Gasteiger partial charge in [0.1, 0.15) is 23.4 Å². The third-order valence-electron chi connectivity index (χ3n) is 6.95. The molecule has 1 saturated heterocycles. The number of anilines is 3. The molecule has 1 fully saturated rings. The van der Waals surface area contributed by atoms with Crippen LogP contribution in [0.2, 0.25) is 0 Å². The Morgan fingerprint density at radius 3 is 2.81 bits per heavy atom. The SMILES string of the molecule is COCCN1CCC(n2nc(-c3ccc(Nc4nc5cc(C)cc(C)c5o4)cc3)c3c(N)ncnc32)C1. The molecule has 1 aliphatic rings. The predicted octanol–water partition coefficient (Wildman–Crippen LogP) is 4.47. The standard InChI is InChI=1S/C27H30N8O2/c1-16-12-17(2)24-21(13-16)32-27(37-24)31-19-6-4-18(5-7-19)23-22-25(28)29-15-30-26(22)35(33-23)20-8-9-34(14-20)10-11-36-3/h4-7,12-13,15,20H,8-11,14H2,1-3H3,(H,31,32)(H2,28,29,30). The fourth-order valence-corrected chi connectivity index (χ4v) is 5.15. The molecule has 0 bridgehead atoms. The van der Waals surface area contributed by atoms with Gasteiger partial charge in [0.05, 0.1) is 18.0 Å². The van der Waals surface area contributed by atoms with Crippen molar-refractivity contribution in [3.63, 3.8) is 0 Å². The van der Waals surface area contributed by atoms with Crippen molar-refractivity contribution in [1.29, 1.82) is 0 Å². The number of nitrogen functional groups attached to an aromatic ring is 1. The Labute approximate surface area is 214 Å². The third-order valence-corrected chi connectivity index (χ3v) is 6.95. The van der Waals surface area contributed by atoms with Gasteiger partial charge in [0.2, 0.25) is 0 Å². The lowest BCUT2D eigenvalue weighted by Crippen LogP contribution is -2.25. The summed E-state index contributed by atoms with van der Waals surface area (Å²) in [5, 5.41) is 9.05. The summed E-state index contributed by atoms with van der Waals surface area (Å²) < 4.78 is 13.2. The zero-order valence-electron chi connectivity index (χ0n) is 21.2. The highest BCUT2D eigenvalue weighted by Gasteiger charge is 2.28. The second-order valence-electron chi connectivity index (χ2n) is 9.64. The van der Waals surface area contributed by atoms with Crippen molar-refractivity contribution in [3.05, 3.63) is 53.9 Å². The first-order valence-corrected chi connectivity index (χ1v) is 12.5. The Morgan fingerprint density at radius 1 is 1.16 bits per heavy atom. The molecule has 2 aromatic carbocycles. The van der Waals surface area contributed by atoms with Gasteiger partial charge in [0.15, 0.2) is 11.2 Å². The average Bonchev–Trinajstić information content (AvgIpc) is 3.60. The highest BCUT2D eigenvalue weighted by molar-refractivity contribution is 5.98. The van der Waals surface area contributed by atoms with E-state index in [9.17, 15) is 0 Å². The Morgan fingerprint density at radius 2 is 2.00 bits per heavy atom. The second-order valence-corrected chi connectivity index (χ2v) is 9.64. The summed E-state index contributed by atoms with van der Waals surface area (Å²) in [6, 6.07) is 12.8. The number of nitrogens with two attached hydrogens (primary N) is 1. The minimum Gasteiger partial charge on any atom is -0.423 e. The van der Waals surface area contributed by atoms with Crippen LogP contribution in [0.5, 0.6) is 0 Å². The van der Waals surface area contributed by atoms with Crippen LogP contribution in [-0.4, -0.2) is 63.0 Å². The molecule has 1 aliphatic heterocycles. The number of likely N-dealkylation sites (tertiary alicyclic amines) is 1. The minimum atomic E-state index is 0.217. The Bertz CT molecular complexity index is 1570. The van der Waals surface area contributed by atoms with Gasteiger partial charge in [-0.15, -0.1) is 0 Å². The van der Waals surface area contributed by atoms with E-state index in [1.807, 2.05) is 41.9 Å². The van der Waals surface area contributed by atoms with Crippen molar-refractivity contribution in [2.75, 3.05) is 44.4 Å². The molecule has 190 valence electrons. The normalized spacial score (nSPS) is 16.2. The van der Waals surface area contributed by atoms with Gasteiger partial charge in [-0.3, -0.25) is 4.90 Å². The van der Waals surface area contributed by atoms with Gasteiger partial charge in [0.25, 0.3) is 6.01 Å². The van der Waals surface area contributed by atoms with Crippen molar-refractivity contribution in [3.8, 4) is 11.3 Å². The molecule has 0 spiro atoms. The smallest absolute Gasteiger partial charge is 0.300 e. The molecule has 0 aliphatic carbocycles. The summed E-state index contributed by atoms with van der Waals surface area (Å²) in [4.78, 5) is 15.8. The second kappa shape index (κ2) is 9.45.